The Morgan fingerprint density at radius 2 is 1.69 bits per heavy atom. The first-order valence-corrected chi connectivity index (χ1v) is 5.58. The van der Waals surface area contributed by atoms with Gasteiger partial charge >= 0.3 is 0 Å². The van der Waals surface area contributed by atoms with Crippen molar-refractivity contribution in [2.75, 3.05) is 26.2 Å². The maximum atomic E-state index is 12.9. The molecule has 1 heterocycles. The van der Waals surface area contributed by atoms with Gasteiger partial charge in [-0.15, -0.1) is 9.60 Å². The highest BCUT2D eigenvalue weighted by molar-refractivity contribution is 5.62. The summed E-state index contributed by atoms with van der Waals surface area (Å²) in [6.07, 6.45) is 0. The van der Waals surface area contributed by atoms with Crippen molar-refractivity contribution < 1.29 is 4.48 Å². The number of hydrogen-bond acceptors (Lipinski definition) is 2. The number of rotatable bonds is 2. The van der Waals surface area contributed by atoms with Gasteiger partial charge in [0, 0.05) is 31.9 Å². The molecule has 0 N–H and O–H groups in total. The number of hydrogen-bond donors (Lipinski definition) is 0. The van der Waals surface area contributed by atoms with E-state index in [0.29, 0.717) is 26.2 Å². The van der Waals surface area contributed by atoms with Crippen molar-refractivity contribution in [2.24, 2.45) is 0 Å². The smallest absolute Gasteiger partial charge is 0.0467 e. The Bertz CT molecular complexity index is 364. The lowest BCUT2D eigenvalue weighted by molar-refractivity contribution is -0.00848. The Morgan fingerprint density at radius 1 is 1.12 bits per heavy atom. The van der Waals surface area contributed by atoms with Crippen LogP contribution in [0, 0.1) is 6.92 Å². The summed E-state index contributed by atoms with van der Waals surface area (Å²) in [5.74, 6) is 0. The van der Waals surface area contributed by atoms with Crippen LogP contribution in [0.2, 0.25) is 0 Å². The SMILES string of the molecule is C=C(c1ccc(C)cc1)N1CCN(F)CC1. The van der Waals surface area contributed by atoms with E-state index in [-0.39, 0.29) is 0 Å². The molecule has 0 bridgehead atoms. The zero-order valence-corrected chi connectivity index (χ0v) is 9.62. The van der Waals surface area contributed by atoms with E-state index in [0.717, 1.165) is 16.4 Å². The monoisotopic (exact) mass is 220 g/mol. The van der Waals surface area contributed by atoms with Crippen molar-refractivity contribution >= 4 is 5.70 Å². The Morgan fingerprint density at radius 3 is 2.25 bits per heavy atom. The molecular weight excluding hydrogens is 203 g/mol. The molecule has 1 aliphatic heterocycles. The molecule has 1 aromatic rings. The largest absolute Gasteiger partial charge is 0.369 e. The van der Waals surface area contributed by atoms with Gasteiger partial charge < -0.3 is 4.90 Å². The standard InChI is InChI=1S/C13H17FN2/c1-11-3-5-13(6-4-11)12(2)15-7-9-16(14)10-8-15/h3-6H,2,7-10H2,1H3. The molecule has 2 rings (SSSR count). The summed E-state index contributed by atoms with van der Waals surface area (Å²) in [5.41, 5.74) is 3.36. The number of piperazine rings is 1. The van der Waals surface area contributed by atoms with Crippen LogP contribution in [0.15, 0.2) is 30.8 Å². The molecule has 1 saturated heterocycles. The Balaban J connectivity index is 2.05. The maximum absolute atomic E-state index is 12.9. The van der Waals surface area contributed by atoms with Crippen molar-refractivity contribution in [2.45, 2.75) is 6.92 Å². The maximum Gasteiger partial charge on any atom is 0.0467 e. The van der Waals surface area contributed by atoms with Crippen LogP contribution in [0.5, 0.6) is 0 Å². The van der Waals surface area contributed by atoms with Crippen molar-refractivity contribution in [3.8, 4) is 0 Å². The van der Waals surface area contributed by atoms with Crippen molar-refractivity contribution in [1.82, 2.24) is 10.0 Å². The first-order chi connectivity index (χ1) is 7.66. The summed E-state index contributed by atoms with van der Waals surface area (Å²) < 4.78 is 12.9. The summed E-state index contributed by atoms with van der Waals surface area (Å²) in [7, 11) is 0. The normalized spacial score (nSPS) is 17.5. The molecule has 0 atom stereocenters. The topological polar surface area (TPSA) is 6.48 Å². The van der Waals surface area contributed by atoms with Crippen LogP contribution in [0.1, 0.15) is 11.1 Å². The highest BCUT2D eigenvalue weighted by Crippen LogP contribution is 2.19. The molecule has 1 aromatic carbocycles. The number of benzene rings is 1. The second kappa shape index (κ2) is 4.66. The molecule has 2 nitrogen and oxygen atoms in total. The molecule has 86 valence electrons. The predicted octanol–water partition coefficient (Wildman–Crippen LogP) is 2.47. The molecule has 0 saturated carbocycles. The third-order valence-electron chi connectivity index (χ3n) is 2.99. The van der Waals surface area contributed by atoms with Gasteiger partial charge in [-0.05, 0) is 12.5 Å². The average Bonchev–Trinajstić information content (AvgIpc) is 2.30. The minimum atomic E-state index is 0.463. The van der Waals surface area contributed by atoms with Crippen molar-refractivity contribution in [3.63, 3.8) is 0 Å². The van der Waals surface area contributed by atoms with E-state index in [1.807, 2.05) is 0 Å². The van der Waals surface area contributed by atoms with Crippen LogP contribution in [0.3, 0.4) is 0 Å². The summed E-state index contributed by atoms with van der Waals surface area (Å²) in [4.78, 5) is 2.14. The Kier molecular flexibility index (Phi) is 3.25. The van der Waals surface area contributed by atoms with E-state index < -0.39 is 0 Å². The summed E-state index contributed by atoms with van der Waals surface area (Å²) in [6, 6.07) is 8.29. The molecule has 0 aliphatic carbocycles. The molecule has 16 heavy (non-hydrogen) atoms. The summed E-state index contributed by atoms with van der Waals surface area (Å²) in [6.45, 7) is 8.50. The number of halogens is 1. The van der Waals surface area contributed by atoms with E-state index in [1.165, 1.54) is 5.56 Å². The first kappa shape index (κ1) is 11.1. The summed E-state index contributed by atoms with van der Waals surface area (Å²) in [5, 5.41) is 0.860. The van der Waals surface area contributed by atoms with Crippen molar-refractivity contribution in [1.29, 1.82) is 0 Å². The molecule has 0 unspecified atom stereocenters. The van der Waals surface area contributed by atoms with Crippen LogP contribution < -0.4 is 0 Å². The zero-order valence-electron chi connectivity index (χ0n) is 9.62. The van der Waals surface area contributed by atoms with Crippen LogP contribution in [0.4, 0.5) is 4.48 Å². The van der Waals surface area contributed by atoms with Gasteiger partial charge in [-0.25, -0.2) is 0 Å². The van der Waals surface area contributed by atoms with Gasteiger partial charge in [0.05, 0.1) is 0 Å². The molecule has 0 amide bonds. The lowest BCUT2D eigenvalue weighted by Gasteiger charge is -2.33. The summed E-state index contributed by atoms with van der Waals surface area (Å²) >= 11 is 0. The third-order valence-corrected chi connectivity index (χ3v) is 2.99. The molecular formula is C13H17FN2. The lowest BCUT2D eigenvalue weighted by atomic mass is 10.1. The third kappa shape index (κ3) is 2.42. The van der Waals surface area contributed by atoms with E-state index in [1.54, 1.807) is 0 Å². The predicted molar refractivity (Wildman–Crippen MR) is 64.5 cm³/mol. The fourth-order valence-electron chi connectivity index (χ4n) is 1.88. The first-order valence-electron chi connectivity index (χ1n) is 5.58. The molecule has 1 fully saturated rings. The minimum Gasteiger partial charge on any atom is -0.369 e. The highest BCUT2D eigenvalue weighted by Gasteiger charge is 2.17. The van der Waals surface area contributed by atoms with E-state index in [2.05, 4.69) is 42.7 Å². The fourth-order valence-corrected chi connectivity index (χ4v) is 1.88. The Labute approximate surface area is 95.9 Å². The number of aryl methyl sites for hydroxylation is 1. The van der Waals surface area contributed by atoms with E-state index in [4.69, 9.17) is 0 Å². The second-order valence-electron chi connectivity index (χ2n) is 4.21. The molecule has 0 aromatic heterocycles. The van der Waals surface area contributed by atoms with Gasteiger partial charge in [0.2, 0.25) is 0 Å². The van der Waals surface area contributed by atoms with E-state index >= 15 is 0 Å². The van der Waals surface area contributed by atoms with E-state index in [9.17, 15) is 4.48 Å². The van der Waals surface area contributed by atoms with Crippen LogP contribution in [-0.2, 0) is 0 Å². The zero-order chi connectivity index (χ0) is 11.5. The molecule has 1 aliphatic rings. The van der Waals surface area contributed by atoms with Crippen LogP contribution in [0.25, 0.3) is 5.70 Å². The van der Waals surface area contributed by atoms with Crippen LogP contribution >= 0.6 is 0 Å². The number of nitrogens with zero attached hydrogens (tertiary/aromatic N) is 2. The van der Waals surface area contributed by atoms with Gasteiger partial charge in [0.15, 0.2) is 0 Å². The van der Waals surface area contributed by atoms with Crippen molar-refractivity contribution in [3.05, 3.63) is 42.0 Å². The van der Waals surface area contributed by atoms with Gasteiger partial charge in [-0.3, -0.25) is 0 Å². The van der Waals surface area contributed by atoms with Gasteiger partial charge in [0.1, 0.15) is 0 Å². The van der Waals surface area contributed by atoms with Gasteiger partial charge in [-0.1, -0.05) is 36.4 Å². The Hall–Kier alpha value is -1.35. The van der Waals surface area contributed by atoms with Gasteiger partial charge in [-0.2, -0.15) is 0 Å². The highest BCUT2D eigenvalue weighted by atomic mass is 19.2. The minimum absolute atomic E-state index is 0.463. The quantitative estimate of drug-likeness (QED) is 0.706. The molecule has 3 heteroatoms. The average molecular weight is 220 g/mol. The molecule has 0 radical (unpaired) electrons. The van der Waals surface area contributed by atoms with Gasteiger partial charge in [0.25, 0.3) is 0 Å². The van der Waals surface area contributed by atoms with Crippen LogP contribution in [-0.4, -0.2) is 36.2 Å². The fraction of sp³-hybridized carbons (Fsp3) is 0.385. The second-order valence-corrected chi connectivity index (χ2v) is 4.21. The lowest BCUT2D eigenvalue weighted by Crippen LogP contribution is -2.41. The molecule has 0 spiro atoms.